The smallest absolute Gasteiger partial charge is 0.178 e. The Morgan fingerprint density at radius 1 is 1.13 bits per heavy atom. The van der Waals surface area contributed by atoms with Crippen LogP contribution in [0.1, 0.15) is 66.7 Å². The molecule has 2 aromatic carbocycles. The van der Waals surface area contributed by atoms with Gasteiger partial charge in [0.05, 0.1) is 6.04 Å². The lowest BCUT2D eigenvalue weighted by Gasteiger charge is -2.26. The lowest BCUT2D eigenvalue weighted by Crippen LogP contribution is -2.23. The molecule has 0 spiro atoms. The molecule has 1 saturated carbocycles. The summed E-state index contributed by atoms with van der Waals surface area (Å²) in [5.41, 5.74) is 4.54. The van der Waals surface area contributed by atoms with Crippen molar-refractivity contribution in [2.24, 2.45) is 0 Å². The van der Waals surface area contributed by atoms with E-state index in [4.69, 9.17) is 11.2 Å². The zero-order valence-corrected chi connectivity index (χ0v) is 18.2. The van der Waals surface area contributed by atoms with E-state index in [1.54, 1.807) is 0 Å². The molecule has 4 rings (SSSR count). The predicted molar refractivity (Wildman–Crippen MR) is 122 cm³/mol. The fourth-order valence-electron chi connectivity index (χ4n) is 4.20. The number of aromatic nitrogens is 4. The SMILES string of the molecule is C#CCOc1ccc(C(Nc2cc(C)ccc2C)c2nnnn2C2CCCCC2)cc1. The van der Waals surface area contributed by atoms with Gasteiger partial charge in [0.25, 0.3) is 0 Å². The first kappa shape index (κ1) is 20.9. The van der Waals surface area contributed by atoms with Crippen LogP contribution >= 0.6 is 0 Å². The van der Waals surface area contributed by atoms with E-state index in [0.29, 0.717) is 6.04 Å². The molecule has 1 aliphatic rings. The van der Waals surface area contributed by atoms with E-state index in [-0.39, 0.29) is 12.6 Å². The Balaban J connectivity index is 1.70. The molecule has 1 heterocycles. The molecule has 0 amide bonds. The first-order chi connectivity index (χ1) is 15.2. The molecular weight excluding hydrogens is 386 g/mol. The number of hydrogen-bond donors (Lipinski definition) is 1. The third-order valence-corrected chi connectivity index (χ3v) is 5.93. The van der Waals surface area contributed by atoms with Crippen molar-refractivity contribution < 1.29 is 4.74 Å². The van der Waals surface area contributed by atoms with Gasteiger partial charge >= 0.3 is 0 Å². The third-order valence-electron chi connectivity index (χ3n) is 5.93. The van der Waals surface area contributed by atoms with Crippen molar-refractivity contribution in [1.82, 2.24) is 20.2 Å². The average molecular weight is 416 g/mol. The Morgan fingerprint density at radius 2 is 1.90 bits per heavy atom. The van der Waals surface area contributed by atoms with Crippen LogP contribution < -0.4 is 10.1 Å². The highest BCUT2D eigenvalue weighted by molar-refractivity contribution is 5.55. The maximum atomic E-state index is 5.55. The van der Waals surface area contributed by atoms with Gasteiger partial charge in [0.2, 0.25) is 0 Å². The van der Waals surface area contributed by atoms with Crippen molar-refractivity contribution in [1.29, 1.82) is 0 Å². The van der Waals surface area contributed by atoms with Gasteiger partial charge in [-0.2, -0.15) is 0 Å². The van der Waals surface area contributed by atoms with E-state index >= 15 is 0 Å². The molecular formula is C25H29N5O. The molecule has 1 aromatic heterocycles. The molecule has 1 unspecified atom stereocenters. The number of ether oxygens (including phenoxy) is 1. The highest BCUT2D eigenvalue weighted by Gasteiger charge is 2.27. The van der Waals surface area contributed by atoms with E-state index < -0.39 is 0 Å². The highest BCUT2D eigenvalue weighted by Crippen LogP contribution is 2.33. The Morgan fingerprint density at radius 3 is 2.65 bits per heavy atom. The summed E-state index contributed by atoms with van der Waals surface area (Å²) in [4.78, 5) is 0. The molecule has 0 radical (unpaired) electrons. The van der Waals surface area contributed by atoms with Gasteiger partial charge in [0, 0.05) is 5.69 Å². The first-order valence-corrected chi connectivity index (χ1v) is 10.9. The summed E-state index contributed by atoms with van der Waals surface area (Å²) >= 11 is 0. The normalized spacial score (nSPS) is 15.3. The number of rotatable bonds is 7. The maximum Gasteiger partial charge on any atom is 0.178 e. The maximum absolute atomic E-state index is 5.55. The van der Waals surface area contributed by atoms with Crippen molar-refractivity contribution in [2.75, 3.05) is 11.9 Å². The van der Waals surface area contributed by atoms with Crippen LogP contribution in [-0.2, 0) is 0 Å². The number of nitrogens with one attached hydrogen (secondary N) is 1. The molecule has 1 fully saturated rings. The van der Waals surface area contributed by atoms with E-state index in [2.05, 4.69) is 70.9 Å². The Kier molecular flexibility index (Phi) is 6.51. The van der Waals surface area contributed by atoms with Gasteiger partial charge in [0.1, 0.15) is 18.4 Å². The van der Waals surface area contributed by atoms with Crippen molar-refractivity contribution >= 4 is 5.69 Å². The molecule has 0 aliphatic heterocycles. The zero-order valence-electron chi connectivity index (χ0n) is 18.2. The fourth-order valence-corrected chi connectivity index (χ4v) is 4.20. The van der Waals surface area contributed by atoms with Crippen LogP contribution in [0.25, 0.3) is 0 Å². The minimum absolute atomic E-state index is 0.181. The fraction of sp³-hybridized carbons (Fsp3) is 0.400. The quantitative estimate of drug-likeness (QED) is 0.550. The zero-order chi connectivity index (χ0) is 21.6. The van der Waals surface area contributed by atoms with Gasteiger partial charge in [-0.25, -0.2) is 4.68 Å². The predicted octanol–water partition coefficient (Wildman–Crippen LogP) is 5.01. The molecule has 6 heteroatoms. The van der Waals surface area contributed by atoms with Crippen LogP contribution in [0.2, 0.25) is 0 Å². The van der Waals surface area contributed by atoms with Crippen LogP contribution in [0, 0.1) is 26.2 Å². The van der Waals surface area contributed by atoms with Gasteiger partial charge in [-0.15, -0.1) is 11.5 Å². The first-order valence-electron chi connectivity index (χ1n) is 10.9. The molecule has 6 nitrogen and oxygen atoms in total. The molecule has 31 heavy (non-hydrogen) atoms. The average Bonchev–Trinajstić information content (AvgIpc) is 3.29. The summed E-state index contributed by atoms with van der Waals surface area (Å²) < 4.78 is 7.58. The molecule has 3 aromatic rings. The summed E-state index contributed by atoms with van der Waals surface area (Å²) in [7, 11) is 0. The Hall–Kier alpha value is -3.33. The third kappa shape index (κ3) is 4.88. The van der Waals surface area contributed by atoms with Gasteiger partial charge < -0.3 is 10.1 Å². The van der Waals surface area contributed by atoms with Crippen molar-refractivity contribution in [2.45, 2.75) is 58.0 Å². The van der Waals surface area contributed by atoms with Crippen LogP contribution in [-0.4, -0.2) is 26.8 Å². The number of aryl methyl sites for hydroxylation is 2. The summed E-state index contributed by atoms with van der Waals surface area (Å²) in [6.07, 6.45) is 11.3. The highest BCUT2D eigenvalue weighted by atomic mass is 16.5. The van der Waals surface area contributed by atoms with Gasteiger partial charge in [0.15, 0.2) is 5.82 Å². The summed E-state index contributed by atoms with van der Waals surface area (Å²) in [6, 6.07) is 14.6. The standard InChI is InChI=1S/C25H29N5O/c1-4-16-31-22-14-12-20(13-15-22)24(26-23-17-18(2)10-11-19(23)3)25-27-28-29-30(25)21-8-6-5-7-9-21/h1,10-15,17,21,24,26H,5-9,16H2,2-3H3. The van der Waals surface area contributed by atoms with Crippen molar-refractivity contribution in [3.63, 3.8) is 0 Å². The van der Waals surface area contributed by atoms with Crippen LogP contribution in [0.4, 0.5) is 5.69 Å². The van der Waals surface area contributed by atoms with E-state index in [1.807, 2.05) is 16.8 Å². The number of benzene rings is 2. The van der Waals surface area contributed by atoms with Crippen LogP contribution in [0.5, 0.6) is 5.75 Å². The molecule has 0 bridgehead atoms. The Labute approximate surface area is 184 Å². The molecule has 160 valence electrons. The van der Waals surface area contributed by atoms with Crippen LogP contribution in [0.15, 0.2) is 42.5 Å². The van der Waals surface area contributed by atoms with Crippen LogP contribution in [0.3, 0.4) is 0 Å². The second-order valence-electron chi connectivity index (χ2n) is 8.23. The van der Waals surface area contributed by atoms with Gasteiger partial charge in [-0.1, -0.05) is 49.4 Å². The number of hydrogen-bond acceptors (Lipinski definition) is 5. The second-order valence-corrected chi connectivity index (χ2v) is 8.23. The van der Waals surface area contributed by atoms with Crippen molar-refractivity contribution in [3.8, 4) is 18.1 Å². The molecule has 0 saturated heterocycles. The minimum Gasteiger partial charge on any atom is -0.481 e. The summed E-state index contributed by atoms with van der Waals surface area (Å²) in [5.74, 6) is 4.09. The lowest BCUT2D eigenvalue weighted by atomic mass is 9.95. The number of terminal acetylenes is 1. The topological polar surface area (TPSA) is 64.9 Å². The summed E-state index contributed by atoms with van der Waals surface area (Å²) in [6.45, 7) is 4.46. The molecule has 1 aliphatic carbocycles. The number of tetrazole rings is 1. The Bertz CT molecular complexity index is 1040. The van der Waals surface area contributed by atoms with E-state index in [1.165, 1.54) is 30.4 Å². The second kappa shape index (κ2) is 9.65. The monoisotopic (exact) mass is 415 g/mol. The minimum atomic E-state index is -0.181. The largest absolute Gasteiger partial charge is 0.481 e. The number of nitrogens with zero attached hydrogens (tertiary/aromatic N) is 4. The lowest BCUT2D eigenvalue weighted by molar-refractivity contribution is 0.315. The number of anilines is 1. The van der Waals surface area contributed by atoms with Gasteiger partial charge in [-0.05, 0) is 72.0 Å². The van der Waals surface area contributed by atoms with E-state index in [9.17, 15) is 0 Å². The van der Waals surface area contributed by atoms with E-state index in [0.717, 1.165) is 35.7 Å². The summed E-state index contributed by atoms with van der Waals surface area (Å²) in [5, 5.41) is 16.6. The van der Waals surface area contributed by atoms with Gasteiger partial charge in [-0.3, -0.25) is 0 Å². The molecule has 1 atom stereocenters. The van der Waals surface area contributed by atoms with Crippen molar-refractivity contribution in [3.05, 3.63) is 65.0 Å². The molecule has 1 N–H and O–H groups in total.